The second-order valence-corrected chi connectivity index (χ2v) is 4.65. The summed E-state index contributed by atoms with van der Waals surface area (Å²) in [6, 6.07) is 9.92. The van der Waals surface area contributed by atoms with Crippen molar-refractivity contribution < 1.29 is 14.6 Å². The summed E-state index contributed by atoms with van der Waals surface area (Å²) in [6.45, 7) is 0. The van der Waals surface area contributed by atoms with Crippen LogP contribution in [0.4, 0.5) is 0 Å². The van der Waals surface area contributed by atoms with Crippen LogP contribution in [-0.2, 0) is 9.53 Å². The maximum Gasteiger partial charge on any atom is 0.307 e. The first kappa shape index (κ1) is 9.85. The molecular formula is C13H14O3. The van der Waals surface area contributed by atoms with Crippen LogP contribution < -0.4 is 0 Å². The Kier molecular flexibility index (Phi) is 2.21. The summed E-state index contributed by atoms with van der Waals surface area (Å²) in [5, 5.41) is 9.25. The third kappa shape index (κ3) is 1.61. The van der Waals surface area contributed by atoms with Gasteiger partial charge in [0.05, 0.1) is 18.1 Å². The van der Waals surface area contributed by atoms with Crippen LogP contribution >= 0.6 is 0 Å². The molecule has 1 aliphatic carbocycles. The summed E-state index contributed by atoms with van der Waals surface area (Å²) >= 11 is 0. The lowest BCUT2D eigenvalue weighted by atomic mass is 9.75. The van der Waals surface area contributed by atoms with Crippen molar-refractivity contribution >= 4 is 5.97 Å². The molecule has 1 aromatic carbocycles. The summed E-state index contributed by atoms with van der Waals surface area (Å²) in [7, 11) is 0. The molecule has 2 fully saturated rings. The number of carboxylic acid groups (broad SMARTS) is 1. The van der Waals surface area contributed by atoms with Crippen molar-refractivity contribution in [3.05, 3.63) is 35.9 Å². The summed E-state index contributed by atoms with van der Waals surface area (Å²) in [5.41, 5.74) is 1.13. The number of hydrogen-bond donors (Lipinski definition) is 1. The fourth-order valence-electron chi connectivity index (χ4n) is 2.76. The van der Waals surface area contributed by atoms with Crippen molar-refractivity contribution in [2.75, 3.05) is 0 Å². The van der Waals surface area contributed by atoms with Crippen LogP contribution in [0.25, 0.3) is 0 Å². The molecular weight excluding hydrogens is 204 g/mol. The van der Waals surface area contributed by atoms with E-state index >= 15 is 0 Å². The van der Waals surface area contributed by atoms with Crippen molar-refractivity contribution in [3.8, 4) is 0 Å². The van der Waals surface area contributed by atoms with Gasteiger partial charge >= 0.3 is 5.97 Å². The Balaban J connectivity index is 1.88. The second-order valence-electron chi connectivity index (χ2n) is 4.65. The van der Waals surface area contributed by atoms with E-state index in [9.17, 15) is 9.90 Å². The molecule has 4 unspecified atom stereocenters. The largest absolute Gasteiger partial charge is 0.481 e. The zero-order chi connectivity index (χ0) is 11.1. The number of hydrogen-bond acceptors (Lipinski definition) is 2. The van der Waals surface area contributed by atoms with E-state index in [1.807, 2.05) is 30.3 Å². The minimum atomic E-state index is -0.692. The van der Waals surface area contributed by atoms with E-state index in [0.29, 0.717) is 12.5 Å². The minimum Gasteiger partial charge on any atom is -0.481 e. The number of carbonyl (C=O) groups is 1. The van der Waals surface area contributed by atoms with Crippen LogP contribution in [0.1, 0.15) is 24.3 Å². The fraction of sp³-hybridized carbons (Fsp3) is 0.462. The molecule has 1 heterocycles. The number of ether oxygens (including phenoxy) is 1. The quantitative estimate of drug-likeness (QED) is 0.773. The van der Waals surface area contributed by atoms with Crippen LogP contribution in [0.3, 0.4) is 0 Å². The van der Waals surface area contributed by atoms with E-state index in [1.165, 1.54) is 0 Å². The summed E-state index contributed by atoms with van der Waals surface area (Å²) in [5.74, 6) is -0.864. The van der Waals surface area contributed by atoms with Crippen molar-refractivity contribution in [3.63, 3.8) is 0 Å². The maximum atomic E-state index is 11.2. The summed E-state index contributed by atoms with van der Waals surface area (Å²) < 4.78 is 5.45. The Labute approximate surface area is 94.0 Å². The molecule has 1 saturated carbocycles. The van der Waals surface area contributed by atoms with Gasteiger partial charge in [-0.1, -0.05) is 30.3 Å². The third-order valence-corrected chi connectivity index (χ3v) is 3.69. The Hall–Kier alpha value is -1.35. The molecule has 1 aliphatic heterocycles. The number of fused-ring (bicyclic) bond motifs is 1. The molecule has 3 heteroatoms. The van der Waals surface area contributed by atoms with E-state index in [1.54, 1.807) is 0 Å². The summed E-state index contributed by atoms with van der Waals surface area (Å²) in [6.07, 6.45) is 2.03. The lowest BCUT2D eigenvalue weighted by Crippen LogP contribution is -2.29. The molecule has 3 rings (SSSR count). The van der Waals surface area contributed by atoms with E-state index in [-0.39, 0.29) is 17.9 Å². The Morgan fingerprint density at radius 1 is 1.19 bits per heavy atom. The zero-order valence-corrected chi connectivity index (χ0v) is 8.87. The van der Waals surface area contributed by atoms with Gasteiger partial charge in [0.2, 0.25) is 0 Å². The molecule has 3 nitrogen and oxygen atoms in total. The van der Waals surface area contributed by atoms with Gasteiger partial charge in [-0.3, -0.25) is 4.79 Å². The first-order valence-electron chi connectivity index (χ1n) is 5.69. The fourth-order valence-corrected chi connectivity index (χ4v) is 2.76. The van der Waals surface area contributed by atoms with Gasteiger partial charge in [0, 0.05) is 0 Å². The standard InChI is InChI=1S/C13H14O3/c14-13(15)10-7-12-11(16-12)6-9(10)8-4-2-1-3-5-8/h1-5,9-12H,6-7H2,(H,14,15). The predicted octanol–water partition coefficient (Wildman–Crippen LogP) is 2.03. The van der Waals surface area contributed by atoms with Gasteiger partial charge in [-0.2, -0.15) is 0 Å². The van der Waals surface area contributed by atoms with E-state index < -0.39 is 5.97 Å². The molecule has 0 aromatic heterocycles. The van der Waals surface area contributed by atoms with Gasteiger partial charge < -0.3 is 9.84 Å². The molecule has 0 amide bonds. The molecule has 16 heavy (non-hydrogen) atoms. The zero-order valence-electron chi connectivity index (χ0n) is 8.87. The molecule has 0 bridgehead atoms. The number of rotatable bonds is 2. The van der Waals surface area contributed by atoms with Crippen molar-refractivity contribution in [1.29, 1.82) is 0 Å². The van der Waals surface area contributed by atoms with Crippen molar-refractivity contribution in [1.82, 2.24) is 0 Å². The highest BCUT2D eigenvalue weighted by Gasteiger charge is 2.50. The van der Waals surface area contributed by atoms with Crippen LogP contribution in [-0.4, -0.2) is 23.3 Å². The lowest BCUT2D eigenvalue weighted by molar-refractivity contribution is -0.143. The van der Waals surface area contributed by atoms with Gasteiger partial charge in [0.15, 0.2) is 0 Å². The van der Waals surface area contributed by atoms with Crippen LogP contribution in [0, 0.1) is 5.92 Å². The predicted molar refractivity (Wildman–Crippen MR) is 58.2 cm³/mol. The van der Waals surface area contributed by atoms with Gasteiger partial charge in [-0.15, -0.1) is 0 Å². The highest BCUT2D eigenvalue weighted by molar-refractivity contribution is 5.72. The monoisotopic (exact) mass is 218 g/mol. The molecule has 1 saturated heterocycles. The molecule has 2 aliphatic rings. The average Bonchev–Trinajstić information content (AvgIpc) is 3.06. The Bertz CT molecular complexity index is 401. The van der Waals surface area contributed by atoms with Crippen molar-refractivity contribution in [2.45, 2.75) is 31.0 Å². The smallest absolute Gasteiger partial charge is 0.307 e. The molecule has 1 N–H and O–H groups in total. The molecule has 1 aromatic rings. The Morgan fingerprint density at radius 2 is 1.88 bits per heavy atom. The molecule has 4 atom stereocenters. The van der Waals surface area contributed by atoms with Gasteiger partial charge in [-0.05, 0) is 24.3 Å². The van der Waals surface area contributed by atoms with Crippen LogP contribution in [0.15, 0.2) is 30.3 Å². The molecule has 0 radical (unpaired) electrons. The first-order valence-corrected chi connectivity index (χ1v) is 5.69. The first-order chi connectivity index (χ1) is 7.75. The highest BCUT2D eigenvalue weighted by atomic mass is 16.6. The van der Waals surface area contributed by atoms with E-state index in [0.717, 1.165) is 12.0 Å². The topological polar surface area (TPSA) is 49.8 Å². The minimum absolute atomic E-state index is 0.113. The van der Waals surface area contributed by atoms with Gasteiger partial charge in [0.25, 0.3) is 0 Å². The van der Waals surface area contributed by atoms with Crippen molar-refractivity contribution in [2.24, 2.45) is 5.92 Å². The van der Waals surface area contributed by atoms with E-state index in [2.05, 4.69) is 0 Å². The number of aliphatic carboxylic acids is 1. The average molecular weight is 218 g/mol. The van der Waals surface area contributed by atoms with Crippen LogP contribution in [0.5, 0.6) is 0 Å². The van der Waals surface area contributed by atoms with Crippen LogP contribution in [0.2, 0.25) is 0 Å². The van der Waals surface area contributed by atoms with Gasteiger partial charge in [-0.25, -0.2) is 0 Å². The van der Waals surface area contributed by atoms with Gasteiger partial charge in [0.1, 0.15) is 0 Å². The number of epoxide rings is 1. The second kappa shape index (κ2) is 3.59. The summed E-state index contributed by atoms with van der Waals surface area (Å²) in [4.78, 5) is 11.2. The number of benzene rings is 1. The Morgan fingerprint density at radius 3 is 2.56 bits per heavy atom. The molecule has 84 valence electrons. The number of carboxylic acids is 1. The lowest BCUT2D eigenvalue weighted by Gasteiger charge is -2.26. The SMILES string of the molecule is O=C(O)C1CC2OC2CC1c1ccccc1. The third-order valence-electron chi connectivity index (χ3n) is 3.69. The normalized spacial score (nSPS) is 36.5. The van der Waals surface area contributed by atoms with E-state index in [4.69, 9.17) is 4.74 Å². The highest BCUT2D eigenvalue weighted by Crippen LogP contribution is 2.47. The maximum absolute atomic E-state index is 11.2. The molecule has 0 spiro atoms.